The first kappa shape index (κ1) is 14.1. The molecule has 2 rings (SSSR count). The largest absolute Gasteiger partial charge is 0.398 e. The van der Waals surface area contributed by atoms with E-state index in [4.69, 9.17) is 5.73 Å². The molecule has 98 valence electrons. The zero-order valence-corrected chi connectivity index (χ0v) is 13.2. The zero-order chi connectivity index (χ0) is 13.8. The molecule has 0 saturated heterocycles. The number of benzene rings is 2. The highest BCUT2D eigenvalue weighted by atomic mass is 79.9. The van der Waals surface area contributed by atoms with Crippen LogP contribution in [0.2, 0.25) is 0 Å². The van der Waals surface area contributed by atoms with E-state index in [0.717, 1.165) is 14.5 Å². The van der Waals surface area contributed by atoms with Crippen LogP contribution in [0.25, 0.3) is 0 Å². The molecule has 5 heteroatoms. The molecule has 0 aliphatic heterocycles. The Morgan fingerprint density at radius 3 is 2.53 bits per heavy atom. The average Bonchev–Trinajstić information content (AvgIpc) is 2.40. The number of halogens is 2. The molecule has 0 spiro atoms. The summed E-state index contributed by atoms with van der Waals surface area (Å²) in [6, 6.07) is 12.9. The lowest BCUT2D eigenvalue weighted by molar-refractivity contribution is 0.0951. The molecule has 0 aromatic heterocycles. The molecule has 0 radical (unpaired) electrons. The summed E-state index contributed by atoms with van der Waals surface area (Å²) >= 11 is 6.76. The van der Waals surface area contributed by atoms with Crippen LogP contribution in [0, 0.1) is 0 Å². The van der Waals surface area contributed by atoms with Crippen molar-refractivity contribution in [3.63, 3.8) is 0 Å². The van der Waals surface area contributed by atoms with Crippen LogP contribution in [0.5, 0.6) is 0 Å². The predicted octanol–water partition coefficient (Wildman–Crippen LogP) is 3.72. The van der Waals surface area contributed by atoms with Gasteiger partial charge in [-0.1, -0.05) is 34.1 Å². The first-order chi connectivity index (χ1) is 9.08. The van der Waals surface area contributed by atoms with Crippen molar-refractivity contribution in [2.24, 2.45) is 0 Å². The second kappa shape index (κ2) is 6.21. The van der Waals surface area contributed by atoms with Crippen molar-refractivity contribution in [2.75, 3.05) is 5.73 Å². The summed E-state index contributed by atoms with van der Waals surface area (Å²) in [5, 5.41) is 2.87. The highest BCUT2D eigenvalue weighted by Gasteiger charge is 2.08. The first-order valence-electron chi connectivity index (χ1n) is 5.64. The Kier molecular flexibility index (Phi) is 4.61. The summed E-state index contributed by atoms with van der Waals surface area (Å²) < 4.78 is 1.70. The molecule has 3 nitrogen and oxygen atoms in total. The number of nitrogens with one attached hydrogen (secondary N) is 1. The van der Waals surface area contributed by atoms with Gasteiger partial charge in [0.25, 0.3) is 5.91 Å². The number of nitrogen functional groups attached to an aromatic ring is 1. The van der Waals surface area contributed by atoms with E-state index in [9.17, 15) is 4.79 Å². The fourth-order valence-electron chi connectivity index (χ4n) is 1.59. The number of nitrogens with two attached hydrogens (primary N) is 1. The molecule has 3 N–H and O–H groups in total. The van der Waals surface area contributed by atoms with Gasteiger partial charge < -0.3 is 11.1 Å². The van der Waals surface area contributed by atoms with Gasteiger partial charge in [0, 0.05) is 26.7 Å². The second-order valence-electron chi connectivity index (χ2n) is 4.01. The maximum absolute atomic E-state index is 12.0. The third kappa shape index (κ3) is 3.58. The van der Waals surface area contributed by atoms with Gasteiger partial charge in [0.15, 0.2) is 0 Å². The molecule has 0 bridgehead atoms. The number of hydrogen-bond donors (Lipinski definition) is 2. The van der Waals surface area contributed by atoms with Crippen molar-refractivity contribution in [1.82, 2.24) is 5.32 Å². The normalized spacial score (nSPS) is 10.2. The molecule has 0 saturated carbocycles. The molecule has 19 heavy (non-hydrogen) atoms. The van der Waals surface area contributed by atoms with Crippen LogP contribution in [-0.4, -0.2) is 5.91 Å². The third-order valence-corrected chi connectivity index (χ3v) is 4.12. The fourth-order valence-corrected chi connectivity index (χ4v) is 2.39. The van der Waals surface area contributed by atoms with Gasteiger partial charge in [0.05, 0.1) is 0 Å². The Bertz CT molecular complexity index is 614. The van der Waals surface area contributed by atoms with Crippen LogP contribution in [-0.2, 0) is 6.54 Å². The molecule has 2 aromatic carbocycles. The number of hydrogen-bond acceptors (Lipinski definition) is 2. The van der Waals surface area contributed by atoms with Gasteiger partial charge in [-0.25, -0.2) is 0 Å². The van der Waals surface area contributed by atoms with Crippen molar-refractivity contribution < 1.29 is 4.79 Å². The van der Waals surface area contributed by atoms with Crippen LogP contribution < -0.4 is 11.1 Å². The van der Waals surface area contributed by atoms with Crippen LogP contribution in [0.1, 0.15) is 15.9 Å². The third-order valence-electron chi connectivity index (χ3n) is 2.66. The van der Waals surface area contributed by atoms with Crippen molar-refractivity contribution in [1.29, 1.82) is 0 Å². The standard InChI is InChI=1S/C14H12Br2N2O/c15-11-4-2-1-3-10(11)8-18-14(19)9-5-6-13(17)12(16)7-9/h1-7H,8,17H2,(H,18,19). The van der Waals surface area contributed by atoms with E-state index in [-0.39, 0.29) is 5.91 Å². The lowest BCUT2D eigenvalue weighted by Gasteiger charge is -2.08. The van der Waals surface area contributed by atoms with Crippen LogP contribution in [0.3, 0.4) is 0 Å². The quantitative estimate of drug-likeness (QED) is 0.793. The van der Waals surface area contributed by atoms with E-state index >= 15 is 0 Å². The summed E-state index contributed by atoms with van der Waals surface area (Å²) in [7, 11) is 0. The van der Waals surface area contributed by atoms with Gasteiger partial charge in [0.2, 0.25) is 0 Å². The Labute approximate surface area is 128 Å². The van der Waals surface area contributed by atoms with Crippen molar-refractivity contribution in [2.45, 2.75) is 6.54 Å². The number of anilines is 1. The van der Waals surface area contributed by atoms with Gasteiger partial charge in [-0.15, -0.1) is 0 Å². The minimum Gasteiger partial charge on any atom is -0.398 e. The van der Waals surface area contributed by atoms with Gasteiger partial charge in [-0.2, -0.15) is 0 Å². The summed E-state index contributed by atoms with van der Waals surface area (Å²) in [4.78, 5) is 12.0. The van der Waals surface area contributed by atoms with Crippen LogP contribution >= 0.6 is 31.9 Å². The second-order valence-corrected chi connectivity index (χ2v) is 5.72. The minimum atomic E-state index is -0.128. The van der Waals surface area contributed by atoms with E-state index < -0.39 is 0 Å². The highest BCUT2D eigenvalue weighted by molar-refractivity contribution is 9.10. The van der Waals surface area contributed by atoms with Crippen molar-refractivity contribution in [3.8, 4) is 0 Å². The van der Waals surface area contributed by atoms with E-state index in [1.807, 2.05) is 24.3 Å². The van der Waals surface area contributed by atoms with Gasteiger partial charge in [0.1, 0.15) is 0 Å². The zero-order valence-electron chi connectivity index (χ0n) is 9.99. The number of carbonyl (C=O) groups excluding carboxylic acids is 1. The predicted molar refractivity (Wildman–Crippen MR) is 83.9 cm³/mol. The Hall–Kier alpha value is -1.33. The summed E-state index contributed by atoms with van der Waals surface area (Å²) in [5.74, 6) is -0.128. The maximum Gasteiger partial charge on any atom is 0.251 e. The smallest absolute Gasteiger partial charge is 0.251 e. The Morgan fingerprint density at radius 2 is 1.84 bits per heavy atom. The molecule has 0 aliphatic carbocycles. The lowest BCUT2D eigenvalue weighted by Crippen LogP contribution is -2.23. The molecule has 0 heterocycles. The van der Waals surface area contributed by atoms with Gasteiger partial charge in [-0.3, -0.25) is 4.79 Å². The topological polar surface area (TPSA) is 55.1 Å². The van der Waals surface area contributed by atoms with E-state index in [0.29, 0.717) is 17.8 Å². The first-order valence-corrected chi connectivity index (χ1v) is 7.23. The van der Waals surface area contributed by atoms with Crippen molar-refractivity contribution in [3.05, 3.63) is 62.5 Å². The SMILES string of the molecule is Nc1ccc(C(=O)NCc2ccccc2Br)cc1Br. The van der Waals surface area contributed by atoms with Crippen LogP contribution in [0.15, 0.2) is 51.4 Å². The molecule has 0 atom stereocenters. The molecule has 0 unspecified atom stereocenters. The highest BCUT2D eigenvalue weighted by Crippen LogP contribution is 2.20. The van der Waals surface area contributed by atoms with E-state index in [1.54, 1.807) is 18.2 Å². The number of amides is 1. The fraction of sp³-hybridized carbons (Fsp3) is 0.0714. The Morgan fingerprint density at radius 1 is 1.11 bits per heavy atom. The summed E-state index contributed by atoms with van der Waals surface area (Å²) in [6.45, 7) is 0.474. The molecule has 0 fully saturated rings. The summed E-state index contributed by atoms with van der Waals surface area (Å²) in [5.41, 5.74) is 7.91. The van der Waals surface area contributed by atoms with Gasteiger partial charge in [-0.05, 0) is 45.8 Å². The monoisotopic (exact) mass is 382 g/mol. The van der Waals surface area contributed by atoms with E-state index in [1.165, 1.54) is 0 Å². The number of rotatable bonds is 3. The van der Waals surface area contributed by atoms with Gasteiger partial charge >= 0.3 is 0 Å². The van der Waals surface area contributed by atoms with Crippen molar-refractivity contribution >= 4 is 43.5 Å². The average molecular weight is 384 g/mol. The molecule has 0 aliphatic rings. The minimum absolute atomic E-state index is 0.128. The lowest BCUT2D eigenvalue weighted by atomic mass is 10.2. The molecular weight excluding hydrogens is 372 g/mol. The molecule has 2 aromatic rings. The Balaban J connectivity index is 2.05. The molecular formula is C14H12Br2N2O. The number of carbonyl (C=O) groups is 1. The summed E-state index contributed by atoms with van der Waals surface area (Å²) in [6.07, 6.45) is 0. The van der Waals surface area contributed by atoms with Crippen LogP contribution in [0.4, 0.5) is 5.69 Å². The van der Waals surface area contributed by atoms with E-state index in [2.05, 4.69) is 37.2 Å². The maximum atomic E-state index is 12.0. The molecule has 1 amide bonds.